The van der Waals surface area contributed by atoms with Crippen LogP contribution in [0.1, 0.15) is 28.3 Å². The van der Waals surface area contributed by atoms with Crippen molar-refractivity contribution in [2.24, 2.45) is 0 Å². The van der Waals surface area contributed by atoms with Gasteiger partial charge in [-0.1, -0.05) is 35.9 Å². The van der Waals surface area contributed by atoms with Crippen LogP contribution in [-0.2, 0) is 6.42 Å². The average molecular weight is 269 g/mol. The first-order valence-electron chi connectivity index (χ1n) is 7.01. The van der Waals surface area contributed by atoms with Crippen LogP contribution >= 0.6 is 0 Å². The number of aryl methyl sites for hydroxylation is 2. The van der Waals surface area contributed by atoms with Crippen molar-refractivity contribution in [2.75, 3.05) is 14.2 Å². The highest BCUT2D eigenvalue weighted by Crippen LogP contribution is 2.23. The monoisotopic (exact) mass is 269 g/mol. The van der Waals surface area contributed by atoms with Gasteiger partial charge in [0.05, 0.1) is 7.11 Å². The normalized spacial score (nSPS) is 12.2. The second-order valence-electron chi connectivity index (χ2n) is 5.25. The van der Waals surface area contributed by atoms with E-state index >= 15 is 0 Å². The molecule has 2 aromatic carbocycles. The lowest BCUT2D eigenvalue weighted by Crippen LogP contribution is -2.19. The molecule has 1 atom stereocenters. The van der Waals surface area contributed by atoms with Crippen LogP contribution in [0.3, 0.4) is 0 Å². The molecule has 2 nitrogen and oxygen atoms in total. The zero-order valence-electron chi connectivity index (χ0n) is 12.7. The van der Waals surface area contributed by atoms with Crippen LogP contribution in [0.15, 0.2) is 42.5 Å². The summed E-state index contributed by atoms with van der Waals surface area (Å²) < 4.78 is 5.22. The van der Waals surface area contributed by atoms with Gasteiger partial charge in [0.15, 0.2) is 0 Å². The van der Waals surface area contributed by atoms with Gasteiger partial charge in [0, 0.05) is 6.04 Å². The molecule has 0 radical (unpaired) electrons. The fraction of sp³-hybridized carbons (Fsp3) is 0.333. The summed E-state index contributed by atoms with van der Waals surface area (Å²) in [5, 5.41) is 3.41. The summed E-state index contributed by atoms with van der Waals surface area (Å²) in [5.41, 5.74) is 5.36. The van der Waals surface area contributed by atoms with E-state index in [2.05, 4.69) is 49.5 Å². The molecular weight excluding hydrogens is 246 g/mol. The minimum atomic E-state index is 0.321. The fourth-order valence-electron chi connectivity index (χ4n) is 2.46. The van der Waals surface area contributed by atoms with Crippen LogP contribution in [0.25, 0.3) is 0 Å². The lowest BCUT2D eigenvalue weighted by molar-refractivity contribution is 0.414. The van der Waals surface area contributed by atoms with E-state index in [-0.39, 0.29) is 0 Å². The van der Waals surface area contributed by atoms with Crippen molar-refractivity contribution >= 4 is 0 Å². The van der Waals surface area contributed by atoms with Crippen LogP contribution < -0.4 is 10.1 Å². The molecule has 20 heavy (non-hydrogen) atoms. The zero-order chi connectivity index (χ0) is 14.5. The molecule has 0 aromatic heterocycles. The van der Waals surface area contributed by atoms with Gasteiger partial charge in [-0.05, 0) is 56.1 Å². The SMILES string of the molecule is CNC(Cc1cc(C)ccc1C)c1ccc(OC)cc1. The molecule has 0 fully saturated rings. The van der Waals surface area contributed by atoms with Gasteiger partial charge >= 0.3 is 0 Å². The largest absolute Gasteiger partial charge is 0.497 e. The van der Waals surface area contributed by atoms with Gasteiger partial charge in [0.25, 0.3) is 0 Å². The van der Waals surface area contributed by atoms with E-state index in [4.69, 9.17) is 4.74 Å². The van der Waals surface area contributed by atoms with Crippen molar-refractivity contribution in [3.05, 3.63) is 64.7 Å². The third-order valence-corrected chi connectivity index (χ3v) is 3.80. The average Bonchev–Trinajstić information content (AvgIpc) is 2.48. The Hall–Kier alpha value is -1.80. The maximum atomic E-state index is 5.22. The molecule has 106 valence electrons. The van der Waals surface area contributed by atoms with E-state index in [1.807, 2.05) is 19.2 Å². The van der Waals surface area contributed by atoms with Crippen molar-refractivity contribution in [1.82, 2.24) is 5.32 Å². The summed E-state index contributed by atoms with van der Waals surface area (Å²) in [6.07, 6.45) is 0.996. The number of hydrogen-bond donors (Lipinski definition) is 1. The first-order chi connectivity index (χ1) is 9.63. The standard InChI is InChI=1S/C18H23NO/c1-13-5-6-14(2)16(11-13)12-18(19-3)15-7-9-17(20-4)10-8-15/h5-11,18-19H,12H2,1-4H3. The Bertz CT molecular complexity index is 560. The molecule has 1 unspecified atom stereocenters. The van der Waals surface area contributed by atoms with Gasteiger partial charge < -0.3 is 10.1 Å². The van der Waals surface area contributed by atoms with Crippen molar-refractivity contribution in [3.8, 4) is 5.75 Å². The van der Waals surface area contributed by atoms with Gasteiger partial charge in [-0.3, -0.25) is 0 Å². The van der Waals surface area contributed by atoms with Crippen molar-refractivity contribution in [3.63, 3.8) is 0 Å². The summed E-state index contributed by atoms with van der Waals surface area (Å²) in [4.78, 5) is 0. The minimum absolute atomic E-state index is 0.321. The second-order valence-corrected chi connectivity index (χ2v) is 5.25. The number of benzene rings is 2. The topological polar surface area (TPSA) is 21.3 Å². The van der Waals surface area contributed by atoms with Gasteiger partial charge in [-0.2, -0.15) is 0 Å². The molecule has 2 heteroatoms. The Morgan fingerprint density at radius 3 is 2.35 bits per heavy atom. The zero-order valence-corrected chi connectivity index (χ0v) is 12.7. The highest BCUT2D eigenvalue weighted by Gasteiger charge is 2.11. The number of methoxy groups -OCH3 is 1. The lowest BCUT2D eigenvalue weighted by atomic mass is 9.95. The molecule has 0 bridgehead atoms. The van der Waals surface area contributed by atoms with Crippen LogP contribution in [0.5, 0.6) is 5.75 Å². The van der Waals surface area contributed by atoms with E-state index < -0.39 is 0 Å². The Morgan fingerprint density at radius 1 is 1.05 bits per heavy atom. The maximum Gasteiger partial charge on any atom is 0.118 e. The van der Waals surface area contributed by atoms with E-state index in [0.717, 1.165) is 12.2 Å². The van der Waals surface area contributed by atoms with Crippen molar-refractivity contribution in [1.29, 1.82) is 0 Å². The second kappa shape index (κ2) is 6.58. The number of ether oxygens (including phenoxy) is 1. The first-order valence-corrected chi connectivity index (χ1v) is 7.01. The Morgan fingerprint density at radius 2 is 1.75 bits per heavy atom. The number of rotatable bonds is 5. The van der Waals surface area contributed by atoms with E-state index in [1.54, 1.807) is 7.11 Å². The first kappa shape index (κ1) is 14.6. The summed E-state index contributed by atoms with van der Waals surface area (Å²) in [6, 6.07) is 15.3. The predicted molar refractivity (Wildman–Crippen MR) is 84.4 cm³/mol. The summed E-state index contributed by atoms with van der Waals surface area (Å²) in [5.74, 6) is 0.898. The number of hydrogen-bond acceptors (Lipinski definition) is 2. The molecule has 0 saturated carbocycles. The summed E-state index contributed by atoms with van der Waals surface area (Å²) in [7, 11) is 3.71. The Balaban J connectivity index is 2.21. The molecule has 2 aromatic rings. The minimum Gasteiger partial charge on any atom is -0.497 e. The molecule has 0 amide bonds. The Labute approximate surface area is 121 Å². The van der Waals surface area contributed by atoms with Gasteiger partial charge in [-0.15, -0.1) is 0 Å². The van der Waals surface area contributed by atoms with Gasteiger partial charge in [0.1, 0.15) is 5.75 Å². The molecule has 2 rings (SSSR count). The van der Waals surface area contributed by atoms with Gasteiger partial charge in [-0.25, -0.2) is 0 Å². The van der Waals surface area contributed by atoms with E-state index in [9.17, 15) is 0 Å². The van der Waals surface area contributed by atoms with Gasteiger partial charge in [0.2, 0.25) is 0 Å². The highest BCUT2D eigenvalue weighted by atomic mass is 16.5. The van der Waals surface area contributed by atoms with Crippen LogP contribution in [0.2, 0.25) is 0 Å². The lowest BCUT2D eigenvalue weighted by Gasteiger charge is -2.19. The van der Waals surface area contributed by atoms with Crippen LogP contribution in [-0.4, -0.2) is 14.2 Å². The third kappa shape index (κ3) is 3.40. The fourth-order valence-corrected chi connectivity index (χ4v) is 2.46. The molecule has 0 heterocycles. The molecule has 0 saturated heterocycles. The maximum absolute atomic E-state index is 5.22. The molecule has 0 spiro atoms. The van der Waals surface area contributed by atoms with E-state index in [0.29, 0.717) is 6.04 Å². The van der Waals surface area contributed by atoms with Crippen LogP contribution in [0, 0.1) is 13.8 Å². The molecular formula is C18H23NO. The number of nitrogens with one attached hydrogen (secondary N) is 1. The van der Waals surface area contributed by atoms with Crippen molar-refractivity contribution < 1.29 is 4.74 Å². The Kier molecular flexibility index (Phi) is 4.80. The van der Waals surface area contributed by atoms with E-state index in [1.165, 1.54) is 22.3 Å². The smallest absolute Gasteiger partial charge is 0.118 e. The summed E-state index contributed by atoms with van der Waals surface area (Å²) >= 11 is 0. The highest BCUT2D eigenvalue weighted by molar-refractivity contribution is 5.34. The van der Waals surface area contributed by atoms with Crippen molar-refractivity contribution in [2.45, 2.75) is 26.3 Å². The van der Waals surface area contributed by atoms with Crippen LogP contribution in [0.4, 0.5) is 0 Å². The number of likely N-dealkylation sites (N-methyl/N-ethyl adjacent to an activating group) is 1. The molecule has 1 N–H and O–H groups in total. The summed E-state index contributed by atoms with van der Waals surface area (Å²) in [6.45, 7) is 4.32. The molecule has 0 aliphatic carbocycles. The quantitative estimate of drug-likeness (QED) is 0.891. The molecule has 0 aliphatic heterocycles. The predicted octanol–water partition coefficient (Wildman–Crippen LogP) is 3.82. The molecule has 0 aliphatic rings. The third-order valence-electron chi connectivity index (χ3n) is 3.80.